The number of nitrogens with zero attached hydrogens (tertiary/aromatic N) is 1. The van der Waals surface area contributed by atoms with Gasteiger partial charge >= 0.3 is 5.97 Å². The SMILES string of the molecule is CCOC(=O)CCN(C(=O)CCCOc1ccccc1)C(C)(C)C. The van der Waals surface area contributed by atoms with E-state index in [-0.39, 0.29) is 23.8 Å². The molecule has 0 bridgehead atoms. The highest BCUT2D eigenvalue weighted by Gasteiger charge is 2.26. The molecule has 1 aromatic rings. The van der Waals surface area contributed by atoms with Gasteiger partial charge in [-0.1, -0.05) is 18.2 Å². The van der Waals surface area contributed by atoms with Gasteiger partial charge in [-0.2, -0.15) is 0 Å². The molecule has 134 valence electrons. The van der Waals surface area contributed by atoms with Crippen molar-refractivity contribution in [3.8, 4) is 5.75 Å². The maximum atomic E-state index is 12.5. The summed E-state index contributed by atoms with van der Waals surface area (Å²) < 4.78 is 10.5. The maximum Gasteiger partial charge on any atom is 0.307 e. The predicted octanol–water partition coefficient (Wildman–Crippen LogP) is 3.43. The van der Waals surface area contributed by atoms with Crippen LogP contribution in [0, 0.1) is 0 Å². The van der Waals surface area contributed by atoms with E-state index < -0.39 is 0 Å². The van der Waals surface area contributed by atoms with E-state index in [1.807, 2.05) is 51.1 Å². The number of carbonyl (C=O) groups is 2. The molecule has 1 aromatic carbocycles. The van der Waals surface area contributed by atoms with E-state index in [0.717, 1.165) is 5.75 Å². The number of esters is 1. The highest BCUT2D eigenvalue weighted by Crippen LogP contribution is 2.16. The third-order valence-corrected chi connectivity index (χ3v) is 3.50. The summed E-state index contributed by atoms with van der Waals surface area (Å²) >= 11 is 0. The van der Waals surface area contributed by atoms with Crippen molar-refractivity contribution in [2.24, 2.45) is 0 Å². The molecule has 0 heterocycles. The average molecular weight is 335 g/mol. The normalized spacial score (nSPS) is 11.0. The van der Waals surface area contributed by atoms with Crippen LogP contribution in [0.2, 0.25) is 0 Å². The quantitative estimate of drug-likeness (QED) is 0.512. The van der Waals surface area contributed by atoms with Gasteiger partial charge in [-0.25, -0.2) is 0 Å². The monoisotopic (exact) mass is 335 g/mol. The largest absolute Gasteiger partial charge is 0.494 e. The van der Waals surface area contributed by atoms with Crippen LogP contribution in [-0.2, 0) is 14.3 Å². The van der Waals surface area contributed by atoms with Crippen molar-refractivity contribution in [3.05, 3.63) is 30.3 Å². The van der Waals surface area contributed by atoms with Gasteiger partial charge in [0.25, 0.3) is 0 Å². The molecular formula is C19H29NO4. The van der Waals surface area contributed by atoms with Crippen LogP contribution in [0.25, 0.3) is 0 Å². The first-order chi connectivity index (χ1) is 11.3. The van der Waals surface area contributed by atoms with Crippen molar-refractivity contribution in [3.63, 3.8) is 0 Å². The van der Waals surface area contributed by atoms with Gasteiger partial charge in [0, 0.05) is 18.5 Å². The second-order valence-corrected chi connectivity index (χ2v) is 6.54. The molecule has 0 fully saturated rings. The van der Waals surface area contributed by atoms with Crippen LogP contribution in [-0.4, -0.2) is 42.1 Å². The van der Waals surface area contributed by atoms with Crippen LogP contribution >= 0.6 is 0 Å². The van der Waals surface area contributed by atoms with Crippen molar-refractivity contribution < 1.29 is 19.1 Å². The Kier molecular flexibility index (Phi) is 8.30. The first-order valence-corrected chi connectivity index (χ1v) is 8.48. The number of benzene rings is 1. The lowest BCUT2D eigenvalue weighted by Crippen LogP contribution is -2.46. The average Bonchev–Trinajstić information content (AvgIpc) is 2.51. The van der Waals surface area contributed by atoms with Crippen molar-refractivity contribution >= 4 is 11.9 Å². The number of rotatable bonds is 9. The first-order valence-electron chi connectivity index (χ1n) is 8.48. The lowest BCUT2D eigenvalue weighted by atomic mass is 10.0. The van der Waals surface area contributed by atoms with E-state index in [0.29, 0.717) is 32.6 Å². The lowest BCUT2D eigenvalue weighted by molar-refractivity contribution is -0.145. The maximum absolute atomic E-state index is 12.5. The molecule has 0 aliphatic heterocycles. The summed E-state index contributed by atoms with van der Waals surface area (Å²) in [7, 11) is 0. The number of ether oxygens (including phenoxy) is 2. The number of para-hydroxylation sites is 1. The van der Waals surface area contributed by atoms with Gasteiger partial charge in [0.15, 0.2) is 0 Å². The zero-order valence-corrected chi connectivity index (χ0v) is 15.2. The van der Waals surface area contributed by atoms with E-state index >= 15 is 0 Å². The van der Waals surface area contributed by atoms with Gasteiger partial charge in [-0.05, 0) is 46.2 Å². The van der Waals surface area contributed by atoms with Crippen LogP contribution < -0.4 is 4.74 Å². The molecule has 5 nitrogen and oxygen atoms in total. The number of amides is 1. The fourth-order valence-electron chi connectivity index (χ4n) is 2.34. The Hall–Kier alpha value is -2.04. The molecular weight excluding hydrogens is 306 g/mol. The highest BCUT2D eigenvalue weighted by molar-refractivity contribution is 5.78. The molecule has 1 rings (SSSR count). The molecule has 5 heteroatoms. The number of hydrogen-bond donors (Lipinski definition) is 0. The second kappa shape index (κ2) is 9.96. The van der Waals surface area contributed by atoms with Crippen LogP contribution in [0.15, 0.2) is 30.3 Å². The summed E-state index contributed by atoms with van der Waals surface area (Å²) in [6.07, 6.45) is 1.25. The smallest absolute Gasteiger partial charge is 0.307 e. The van der Waals surface area contributed by atoms with Gasteiger partial charge in [0.2, 0.25) is 5.91 Å². The minimum Gasteiger partial charge on any atom is -0.494 e. The summed E-state index contributed by atoms with van der Waals surface area (Å²) in [5.41, 5.74) is -0.329. The highest BCUT2D eigenvalue weighted by atomic mass is 16.5. The summed E-state index contributed by atoms with van der Waals surface area (Å²) in [5.74, 6) is 0.565. The molecule has 0 aliphatic rings. The zero-order chi connectivity index (χ0) is 18.0. The van der Waals surface area contributed by atoms with E-state index in [1.54, 1.807) is 11.8 Å². The Morgan fingerprint density at radius 3 is 2.33 bits per heavy atom. The molecule has 0 aromatic heterocycles. The number of carbonyl (C=O) groups excluding carboxylic acids is 2. The summed E-state index contributed by atoms with van der Waals surface area (Å²) in [6.45, 7) is 8.91. The minimum atomic E-state index is -0.329. The van der Waals surface area contributed by atoms with Crippen LogP contribution in [0.4, 0.5) is 0 Å². The fraction of sp³-hybridized carbons (Fsp3) is 0.579. The van der Waals surface area contributed by atoms with Crippen LogP contribution in [0.3, 0.4) is 0 Å². The summed E-state index contributed by atoms with van der Waals surface area (Å²) in [6, 6.07) is 9.54. The molecule has 0 atom stereocenters. The van der Waals surface area contributed by atoms with Crippen molar-refractivity contribution in [1.82, 2.24) is 4.90 Å². The van der Waals surface area contributed by atoms with E-state index in [9.17, 15) is 9.59 Å². The van der Waals surface area contributed by atoms with Crippen molar-refractivity contribution in [2.45, 2.75) is 52.5 Å². The predicted molar refractivity (Wildman–Crippen MR) is 93.9 cm³/mol. The molecule has 24 heavy (non-hydrogen) atoms. The molecule has 0 N–H and O–H groups in total. The molecule has 0 aliphatic carbocycles. The number of hydrogen-bond acceptors (Lipinski definition) is 4. The molecule has 1 amide bonds. The Morgan fingerprint density at radius 1 is 1.08 bits per heavy atom. The Labute approximate surface area is 144 Å². The third-order valence-electron chi connectivity index (χ3n) is 3.50. The molecule has 0 radical (unpaired) electrons. The van der Waals surface area contributed by atoms with Crippen LogP contribution in [0.5, 0.6) is 5.75 Å². The van der Waals surface area contributed by atoms with Gasteiger partial charge in [-0.15, -0.1) is 0 Å². The first kappa shape index (κ1) is 20.0. The molecule has 0 spiro atoms. The summed E-state index contributed by atoms with van der Waals surface area (Å²) in [5, 5.41) is 0. The lowest BCUT2D eigenvalue weighted by Gasteiger charge is -2.35. The van der Waals surface area contributed by atoms with Crippen molar-refractivity contribution in [2.75, 3.05) is 19.8 Å². The molecule has 0 saturated heterocycles. The zero-order valence-electron chi connectivity index (χ0n) is 15.2. The fourth-order valence-corrected chi connectivity index (χ4v) is 2.34. The van der Waals surface area contributed by atoms with E-state index in [1.165, 1.54) is 0 Å². The van der Waals surface area contributed by atoms with Crippen molar-refractivity contribution in [1.29, 1.82) is 0 Å². The van der Waals surface area contributed by atoms with E-state index in [4.69, 9.17) is 9.47 Å². The van der Waals surface area contributed by atoms with Gasteiger partial charge in [0.1, 0.15) is 5.75 Å². The summed E-state index contributed by atoms with van der Waals surface area (Å²) in [4.78, 5) is 25.8. The Morgan fingerprint density at radius 2 is 1.75 bits per heavy atom. The van der Waals surface area contributed by atoms with E-state index in [2.05, 4.69) is 0 Å². The Bertz CT molecular complexity index is 508. The second-order valence-electron chi connectivity index (χ2n) is 6.54. The van der Waals surface area contributed by atoms with Gasteiger partial charge in [-0.3, -0.25) is 9.59 Å². The minimum absolute atomic E-state index is 0.0310. The van der Waals surface area contributed by atoms with Gasteiger partial charge < -0.3 is 14.4 Å². The molecule has 0 saturated carbocycles. The van der Waals surface area contributed by atoms with Gasteiger partial charge in [0.05, 0.1) is 19.6 Å². The topological polar surface area (TPSA) is 55.8 Å². The molecule has 0 unspecified atom stereocenters. The Balaban J connectivity index is 2.42. The van der Waals surface area contributed by atoms with Crippen LogP contribution in [0.1, 0.15) is 47.0 Å². The standard InChI is InChI=1S/C19H29NO4/c1-5-23-18(22)13-14-20(19(2,3)4)17(21)12-9-15-24-16-10-7-6-8-11-16/h6-8,10-11H,5,9,12-15H2,1-4H3. The third kappa shape index (κ3) is 7.49.